The maximum atomic E-state index is 13.6. The molecule has 3 heterocycles. The Morgan fingerprint density at radius 3 is 2.48 bits per heavy atom. The molecule has 0 spiro atoms. The molecule has 2 N–H and O–H groups in total. The summed E-state index contributed by atoms with van der Waals surface area (Å²) in [5.41, 5.74) is 0.0781. The monoisotopic (exact) mass is 421 g/mol. The van der Waals surface area contributed by atoms with Crippen LogP contribution in [0.3, 0.4) is 0 Å². The molecule has 7 nitrogen and oxygen atoms in total. The van der Waals surface area contributed by atoms with E-state index in [4.69, 9.17) is 0 Å². The van der Waals surface area contributed by atoms with E-state index in [9.17, 15) is 13.2 Å². The molecule has 0 saturated heterocycles. The maximum Gasteiger partial charge on any atom is 0.417 e. The van der Waals surface area contributed by atoms with Gasteiger partial charge in [-0.1, -0.05) is 30.3 Å². The Balaban J connectivity index is 1.72. The Hall–Kier alpha value is -4.08. The zero-order chi connectivity index (χ0) is 21.6. The van der Waals surface area contributed by atoms with Gasteiger partial charge in [0.15, 0.2) is 17.3 Å². The van der Waals surface area contributed by atoms with Gasteiger partial charge in [0, 0.05) is 17.1 Å². The highest BCUT2D eigenvalue weighted by Gasteiger charge is 2.34. The Morgan fingerprint density at radius 2 is 1.65 bits per heavy atom. The summed E-state index contributed by atoms with van der Waals surface area (Å²) >= 11 is 0. The topological polar surface area (TPSA) is 92.3 Å². The summed E-state index contributed by atoms with van der Waals surface area (Å²) < 4.78 is 40.7. The lowest BCUT2D eigenvalue weighted by molar-refractivity contribution is -0.137. The van der Waals surface area contributed by atoms with Gasteiger partial charge < -0.3 is 5.32 Å². The van der Waals surface area contributed by atoms with Gasteiger partial charge in [-0.05, 0) is 25.1 Å². The fraction of sp³-hybridized carbons (Fsp3) is 0.0952. The molecule has 31 heavy (non-hydrogen) atoms. The number of anilines is 2. The molecule has 154 valence electrons. The van der Waals surface area contributed by atoms with Crippen LogP contribution in [-0.4, -0.2) is 30.1 Å². The smallest absolute Gasteiger partial charge is 0.322 e. The first-order chi connectivity index (χ1) is 14.9. The second kappa shape index (κ2) is 7.01. The number of fused-ring (bicyclic) bond motifs is 2. The molecule has 5 aromatic rings. The van der Waals surface area contributed by atoms with E-state index in [-0.39, 0.29) is 22.9 Å². The van der Waals surface area contributed by atoms with Crippen molar-refractivity contribution in [2.24, 2.45) is 0 Å². The zero-order valence-electron chi connectivity index (χ0n) is 16.1. The molecule has 0 atom stereocenters. The molecule has 3 aromatic heterocycles. The Kier molecular flexibility index (Phi) is 4.28. The van der Waals surface area contributed by atoms with Gasteiger partial charge in [-0.2, -0.15) is 18.3 Å². The van der Waals surface area contributed by atoms with E-state index in [1.807, 2.05) is 24.3 Å². The lowest BCUT2D eigenvalue weighted by Crippen LogP contribution is -2.09. The molecule has 0 aliphatic rings. The van der Waals surface area contributed by atoms with E-state index in [2.05, 4.69) is 35.5 Å². The third-order valence-corrected chi connectivity index (χ3v) is 4.75. The maximum absolute atomic E-state index is 13.6. The fourth-order valence-corrected chi connectivity index (χ4v) is 3.31. The first-order valence-electron chi connectivity index (χ1n) is 9.28. The molecule has 0 radical (unpaired) electrons. The number of nitrogens with one attached hydrogen (secondary N) is 2. The van der Waals surface area contributed by atoms with Crippen LogP contribution in [0.5, 0.6) is 0 Å². The van der Waals surface area contributed by atoms with Crippen molar-refractivity contribution in [3.05, 3.63) is 66.1 Å². The number of hydrogen-bond donors (Lipinski definition) is 2. The lowest BCUT2D eigenvalue weighted by Gasteiger charge is -2.14. The summed E-state index contributed by atoms with van der Waals surface area (Å²) in [4.78, 5) is 17.2. The average Bonchev–Trinajstić information content (AvgIpc) is 3.15. The quantitative estimate of drug-likeness (QED) is 0.424. The fourth-order valence-electron chi connectivity index (χ4n) is 3.31. The highest BCUT2D eigenvalue weighted by atomic mass is 19.4. The minimum atomic E-state index is -4.55. The third-order valence-electron chi connectivity index (χ3n) is 4.75. The van der Waals surface area contributed by atoms with E-state index in [0.29, 0.717) is 17.0 Å². The summed E-state index contributed by atoms with van der Waals surface area (Å²) in [5, 5.41) is 11.5. The molecule has 0 aliphatic carbocycles. The first-order valence-corrected chi connectivity index (χ1v) is 9.28. The van der Waals surface area contributed by atoms with Crippen LogP contribution in [0.2, 0.25) is 0 Å². The number of nitrogens with zero attached hydrogens (tertiary/aromatic N) is 5. The molecule has 0 bridgehead atoms. The number of hydrogen-bond acceptors (Lipinski definition) is 6. The van der Waals surface area contributed by atoms with E-state index < -0.39 is 11.7 Å². The van der Waals surface area contributed by atoms with Crippen molar-refractivity contribution in [2.45, 2.75) is 13.1 Å². The number of rotatable bonds is 3. The van der Waals surface area contributed by atoms with Gasteiger partial charge in [0.1, 0.15) is 11.6 Å². The van der Waals surface area contributed by atoms with Crippen molar-refractivity contribution >= 4 is 33.6 Å². The van der Waals surface area contributed by atoms with Gasteiger partial charge >= 0.3 is 6.18 Å². The number of benzene rings is 2. The average molecular weight is 421 g/mol. The molecule has 0 saturated carbocycles. The Labute approximate surface area is 173 Å². The molecular formula is C21H14F3N7. The summed E-state index contributed by atoms with van der Waals surface area (Å²) in [6.07, 6.45) is -3.02. The highest BCUT2D eigenvalue weighted by Crippen LogP contribution is 2.37. The van der Waals surface area contributed by atoms with E-state index in [1.54, 1.807) is 6.92 Å². The summed E-state index contributed by atoms with van der Waals surface area (Å²) in [6.45, 7) is 1.68. The molecular weight excluding hydrogens is 407 g/mol. The van der Waals surface area contributed by atoms with Gasteiger partial charge in [-0.3, -0.25) is 5.10 Å². The molecule has 0 aliphatic heterocycles. The number of H-pyrrole nitrogens is 1. The second-order valence-corrected chi connectivity index (χ2v) is 6.84. The Bertz CT molecular complexity index is 1430. The molecule has 5 rings (SSSR count). The second-order valence-electron chi connectivity index (χ2n) is 6.84. The number of aromatic amines is 1. The Morgan fingerprint density at radius 1 is 0.871 bits per heavy atom. The van der Waals surface area contributed by atoms with Gasteiger partial charge in [-0.25, -0.2) is 19.9 Å². The number of para-hydroxylation sites is 1. The first kappa shape index (κ1) is 18.9. The molecule has 0 fully saturated rings. The third kappa shape index (κ3) is 3.41. The van der Waals surface area contributed by atoms with Crippen molar-refractivity contribution in [2.75, 3.05) is 5.32 Å². The van der Waals surface area contributed by atoms with Gasteiger partial charge in [0.05, 0.1) is 16.5 Å². The molecule has 10 heteroatoms. The van der Waals surface area contributed by atoms with Gasteiger partial charge in [0.25, 0.3) is 0 Å². The summed E-state index contributed by atoms with van der Waals surface area (Å²) in [5.74, 6) is 1.08. The van der Waals surface area contributed by atoms with Crippen LogP contribution in [0.1, 0.15) is 11.4 Å². The highest BCUT2D eigenvalue weighted by molar-refractivity contribution is 5.95. The largest absolute Gasteiger partial charge is 0.417 e. The molecule has 0 unspecified atom stereocenters. The molecule has 2 aromatic carbocycles. The minimum Gasteiger partial charge on any atom is -0.322 e. The van der Waals surface area contributed by atoms with Crippen LogP contribution in [0, 0.1) is 6.92 Å². The molecule has 0 amide bonds. The van der Waals surface area contributed by atoms with Crippen molar-refractivity contribution in [3.8, 4) is 11.4 Å². The van der Waals surface area contributed by atoms with Crippen LogP contribution >= 0.6 is 0 Å². The predicted octanol–water partition coefficient (Wildman–Crippen LogP) is 5.03. The van der Waals surface area contributed by atoms with Gasteiger partial charge in [0.2, 0.25) is 0 Å². The van der Waals surface area contributed by atoms with Crippen LogP contribution in [0.25, 0.3) is 33.3 Å². The lowest BCUT2D eigenvalue weighted by atomic mass is 10.1. The predicted molar refractivity (Wildman–Crippen MR) is 110 cm³/mol. The van der Waals surface area contributed by atoms with Crippen LogP contribution < -0.4 is 5.32 Å². The standard InChI is InChI=1S/C21H14F3N7/c1-11-25-10-14-18(26-11)27-17(12-6-2-4-8-15(12)21(22,23)24)28-19(14)29-20-13-7-3-5-9-16(13)30-31-20/h2-10H,1H3,(H2,25,26,27,28,29,30,31). The number of aromatic nitrogens is 6. The van der Waals surface area contributed by atoms with Gasteiger partial charge in [-0.15, -0.1) is 0 Å². The normalized spacial score (nSPS) is 11.9. The van der Waals surface area contributed by atoms with Crippen molar-refractivity contribution < 1.29 is 13.2 Å². The number of halogens is 3. The van der Waals surface area contributed by atoms with Crippen molar-refractivity contribution in [3.63, 3.8) is 0 Å². The van der Waals surface area contributed by atoms with Crippen LogP contribution in [0.15, 0.2) is 54.7 Å². The SMILES string of the molecule is Cc1ncc2c(Nc3n[nH]c4ccccc34)nc(-c3ccccc3C(F)(F)F)nc2n1. The van der Waals surface area contributed by atoms with E-state index in [1.165, 1.54) is 24.4 Å². The van der Waals surface area contributed by atoms with E-state index >= 15 is 0 Å². The minimum absolute atomic E-state index is 0.0964. The van der Waals surface area contributed by atoms with Crippen LogP contribution in [0.4, 0.5) is 24.8 Å². The summed E-state index contributed by atoms with van der Waals surface area (Å²) in [7, 11) is 0. The van der Waals surface area contributed by atoms with Crippen LogP contribution in [-0.2, 0) is 6.18 Å². The number of alkyl halides is 3. The number of aryl methyl sites for hydroxylation is 1. The zero-order valence-corrected chi connectivity index (χ0v) is 16.1. The summed E-state index contributed by atoms with van der Waals surface area (Å²) in [6, 6.07) is 12.6. The van der Waals surface area contributed by atoms with E-state index in [0.717, 1.165) is 17.0 Å². The van der Waals surface area contributed by atoms with Crippen molar-refractivity contribution in [1.82, 2.24) is 30.1 Å². The van der Waals surface area contributed by atoms with Crippen molar-refractivity contribution in [1.29, 1.82) is 0 Å².